The zero-order valence-corrected chi connectivity index (χ0v) is 21.6. The van der Waals surface area contributed by atoms with Gasteiger partial charge < -0.3 is 20.9 Å². The molecular weight excluding hydrogens is 468 g/mol. The number of amides is 1. The summed E-state index contributed by atoms with van der Waals surface area (Å²) in [7, 11) is 3.14. The Hall–Kier alpha value is -4.40. The molecule has 2 heterocycles. The molecule has 9 heteroatoms. The van der Waals surface area contributed by atoms with E-state index in [-0.39, 0.29) is 17.9 Å². The number of benzene rings is 2. The first-order chi connectivity index (χ1) is 17.9. The van der Waals surface area contributed by atoms with Crippen LogP contribution in [0.4, 0.5) is 11.8 Å². The van der Waals surface area contributed by atoms with Crippen LogP contribution in [0.1, 0.15) is 59.8 Å². The molecule has 2 aromatic carbocycles. The number of nitrogens with two attached hydrogens (primary N) is 2. The van der Waals surface area contributed by atoms with Crippen molar-refractivity contribution in [3.8, 4) is 11.5 Å². The fourth-order valence-corrected chi connectivity index (χ4v) is 4.65. The number of hydrazone groups is 1. The average molecular weight is 501 g/mol. The van der Waals surface area contributed by atoms with Gasteiger partial charge in [-0.2, -0.15) is 10.1 Å². The van der Waals surface area contributed by atoms with E-state index in [0.29, 0.717) is 35.7 Å². The van der Waals surface area contributed by atoms with Crippen LogP contribution in [-0.4, -0.2) is 41.3 Å². The van der Waals surface area contributed by atoms with Crippen molar-refractivity contribution in [3.05, 3.63) is 76.0 Å². The van der Waals surface area contributed by atoms with Gasteiger partial charge in [0.25, 0.3) is 5.91 Å². The molecule has 1 aliphatic heterocycles. The number of fused-ring (bicyclic) bond motifs is 1. The molecule has 1 aromatic heterocycles. The number of aromatic nitrogens is 2. The molecule has 0 bridgehead atoms. The quantitative estimate of drug-likeness (QED) is 0.445. The first-order valence-electron chi connectivity index (χ1n) is 12.2. The summed E-state index contributed by atoms with van der Waals surface area (Å²) < 4.78 is 11.2. The molecule has 4 N–H and O–H groups in total. The molecule has 1 unspecified atom stereocenters. The van der Waals surface area contributed by atoms with Gasteiger partial charge in [-0.25, -0.2) is 9.99 Å². The number of hydrogen-bond donors (Lipinski definition) is 2. The SMILES string of the molecule is CCc1nc(N)nc(N)c1Cc1cc(/C=C/C(=O)N2N=Cc3ccccc3C2CC)c(OC)c(OC)c1. The van der Waals surface area contributed by atoms with E-state index in [1.54, 1.807) is 26.5 Å². The van der Waals surface area contributed by atoms with E-state index >= 15 is 0 Å². The van der Waals surface area contributed by atoms with E-state index < -0.39 is 0 Å². The summed E-state index contributed by atoms with van der Waals surface area (Å²) in [5.74, 6) is 1.33. The predicted octanol–water partition coefficient (Wildman–Crippen LogP) is 4.15. The van der Waals surface area contributed by atoms with Crippen LogP contribution in [0.2, 0.25) is 0 Å². The highest BCUT2D eigenvalue weighted by Crippen LogP contribution is 2.36. The molecule has 192 valence electrons. The Bertz CT molecular complexity index is 1370. The van der Waals surface area contributed by atoms with Crippen LogP contribution in [0.25, 0.3) is 6.08 Å². The van der Waals surface area contributed by atoms with Crippen molar-refractivity contribution in [1.29, 1.82) is 0 Å². The highest BCUT2D eigenvalue weighted by Gasteiger charge is 2.27. The summed E-state index contributed by atoms with van der Waals surface area (Å²) in [6.45, 7) is 4.03. The molecule has 0 fully saturated rings. The first kappa shape index (κ1) is 25.7. The maximum atomic E-state index is 13.2. The summed E-state index contributed by atoms with van der Waals surface area (Å²) in [6, 6.07) is 11.7. The number of nitrogen functional groups attached to an aromatic ring is 2. The number of hydrogen-bond acceptors (Lipinski definition) is 8. The van der Waals surface area contributed by atoms with Gasteiger partial charge in [-0.3, -0.25) is 4.79 Å². The van der Waals surface area contributed by atoms with Gasteiger partial charge in [0.1, 0.15) is 5.82 Å². The van der Waals surface area contributed by atoms with E-state index in [9.17, 15) is 4.79 Å². The summed E-state index contributed by atoms with van der Waals surface area (Å²) in [5, 5.41) is 5.95. The normalized spacial score (nSPS) is 14.6. The minimum atomic E-state index is -0.228. The van der Waals surface area contributed by atoms with Gasteiger partial charge in [-0.15, -0.1) is 0 Å². The first-order valence-corrected chi connectivity index (χ1v) is 12.2. The number of anilines is 2. The molecule has 4 rings (SSSR count). The van der Waals surface area contributed by atoms with E-state index in [4.69, 9.17) is 20.9 Å². The second kappa shape index (κ2) is 11.1. The van der Waals surface area contributed by atoms with Crippen LogP contribution in [0, 0.1) is 0 Å². The molecule has 0 saturated heterocycles. The molecule has 0 aliphatic carbocycles. The molecule has 0 spiro atoms. The Kier molecular flexibility index (Phi) is 7.71. The number of carbonyl (C=O) groups is 1. The summed E-state index contributed by atoms with van der Waals surface area (Å²) >= 11 is 0. The van der Waals surface area contributed by atoms with Crippen molar-refractivity contribution < 1.29 is 14.3 Å². The zero-order valence-electron chi connectivity index (χ0n) is 21.6. The lowest BCUT2D eigenvalue weighted by atomic mass is 9.97. The summed E-state index contributed by atoms with van der Waals surface area (Å²) in [6.07, 6.45) is 6.83. The molecule has 3 aromatic rings. The van der Waals surface area contributed by atoms with E-state index in [0.717, 1.165) is 34.4 Å². The summed E-state index contributed by atoms with van der Waals surface area (Å²) in [5.41, 5.74) is 17.3. The lowest BCUT2D eigenvalue weighted by molar-refractivity contribution is -0.128. The van der Waals surface area contributed by atoms with Crippen molar-refractivity contribution in [2.45, 2.75) is 39.2 Å². The molecule has 1 aliphatic rings. The second-order valence-corrected chi connectivity index (χ2v) is 8.66. The topological polar surface area (TPSA) is 129 Å². The van der Waals surface area contributed by atoms with Crippen LogP contribution in [0.3, 0.4) is 0 Å². The molecule has 37 heavy (non-hydrogen) atoms. The zero-order chi connectivity index (χ0) is 26.5. The number of aryl methyl sites for hydroxylation is 1. The fraction of sp³-hybridized carbons (Fsp3) is 0.286. The molecule has 1 amide bonds. The van der Waals surface area contributed by atoms with Crippen molar-refractivity contribution in [3.63, 3.8) is 0 Å². The van der Waals surface area contributed by atoms with Gasteiger partial charge in [-0.1, -0.05) is 38.1 Å². The largest absolute Gasteiger partial charge is 0.493 e. The average Bonchev–Trinajstić information content (AvgIpc) is 2.91. The predicted molar refractivity (Wildman–Crippen MR) is 146 cm³/mol. The number of carbonyl (C=O) groups excluding carboxylic acids is 1. The number of nitrogens with zero attached hydrogens (tertiary/aromatic N) is 4. The van der Waals surface area contributed by atoms with Gasteiger partial charge >= 0.3 is 0 Å². The molecule has 0 radical (unpaired) electrons. The third kappa shape index (κ3) is 5.25. The maximum absolute atomic E-state index is 13.2. The standard InChI is InChI=1S/C28H32N6O3/c1-5-22-21(27(29)33-28(30)32-22)14-17-13-18(26(37-4)24(15-17)36-3)11-12-25(35)34-23(6-2)20-10-8-7-9-19(20)16-31-34/h7-13,15-16,23H,5-6,14H2,1-4H3,(H4,29,30,32,33)/b12-11+. The minimum Gasteiger partial charge on any atom is -0.493 e. The lowest BCUT2D eigenvalue weighted by Gasteiger charge is -2.30. The van der Waals surface area contributed by atoms with Crippen molar-refractivity contribution >= 4 is 30.0 Å². The van der Waals surface area contributed by atoms with Crippen LogP contribution >= 0.6 is 0 Å². The maximum Gasteiger partial charge on any atom is 0.267 e. The molecule has 1 atom stereocenters. The van der Waals surface area contributed by atoms with Gasteiger partial charge in [0.2, 0.25) is 5.95 Å². The van der Waals surface area contributed by atoms with Crippen molar-refractivity contribution in [2.24, 2.45) is 5.10 Å². The monoisotopic (exact) mass is 500 g/mol. The smallest absolute Gasteiger partial charge is 0.267 e. The van der Waals surface area contributed by atoms with E-state index in [2.05, 4.69) is 15.1 Å². The van der Waals surface area contributed by atoms with E-state index in [1.807, 2.05) is 50.2 Å². The molecule has 9 nitrogen and oxygen atoms in total. The highest BCUT2D eigenvalue weighted by atomic mass is 16.5. The Labute approximate surface area is 216 Å². The highest BCUT2D eigenvalue weighted by molar-refractivity contribution is 5.95. The Morgan fingerprint density at radius 1 is 1.11 bits per heavy atom. The second-order valence-electron chi connectivity index (χ2n) is 8.66. The third-order valence-corrected chi connectivity index (χ3v) is 6.41. The van der Waals surface area contributed by atoms with Crippen molar-refractivity contribution in [1.82, 2.24) is 15.0 Å². The number of rotatable bonds is 8. The number of ether oxygens (including phenoxy) is 2. The van der Waals surface area contributed by atoms with Crippen LogP contribution in [0.15, 0.2) is 47.6 Å². The van der Waals surface area contributed by atoms with E-state index in [1.165, 1.54) is 11.1 Å². The Balaban J connectivity index is 1.67. The van der Waals surface area contributed by atoms with Crippen LogP contribution in [0.5, 0.6) is 11.5 Å². The minimum absolute atomic E-state index is 0.137. The Morgan fingerprint density at radius 3 is 2.59 bits per heavy atom. The van der Waals surface area contributed by atoms with Gasteiger partial charge in [-0.05, 0) is 47.7 Å². The lowest BCUT2D eigenvalue weighted by Crippen LogP contribution is -2.32. The fourth-order valence-electron chi connectivity index (χ4n) is 4.65. The summed E-state index contributed by atoms with van der Waals surface area (Å²) in [4.78, 5) is 21.7. The Morgan fingerprint density at radius 2 is 1.89 bits per heavy atom. The van der Waals surface area contributed by atoms with Crippen LogP contribution < -0.4 is 20.9 Å². The number of methoxy groups -OCH3 is 2. The van der Waals surface area contributed by atoms with Crippen molar-refractivity contribution in [2.75, 3.05) is 25.7 Å². The van der Waals surface area contributed by atoms with Gasteiger partial charge in [0, 0.05) is 23.6 Å². The van der Waals surface area contributed by atoms with Crippen LogP contribution in [-0.2, 0) is 17.6 Å². The van der Waals surface area contributed by atoms with Gasteiger partial charge in [0.05, 0.1) is 32.2 Å². The molecule has 0 saturated carbocycles. The third-order valence-electron chi connectivity index (χ3n) is 6.41. The molecular formula is C28H32N6O3. The van der Waals surface area contributed by atoms with Gasteiger partial charge in [0.15, 0.2) is 11.5 Å².